The number of phenols is 1. The van der Waals surface area contributed by atoms with Gasteiger partial charge in [-0.25, -0.2) is 0 Å². The number of phenolic OH excluding ortho intramolecular Hbond substituents is 1. The third-order valence-corrected chi connectivity index (χ3v) is 3.12. The van der Waals surface area contributed by atoms with Gasteiger partial charge >= 0.3 is 0 Å². The fraction of sp³-hybridized carbons (Fsp3) is 0.200. The molecule has 0 radical (unpaired) electrons. The van der Waals surface area contributed by atoms with Crippen molar-refractivity contribution < 1.29 is 10.2 Å². The number of aliphatic hydroxyl groups excluding tert-OH is 1. The van der Waals surface area contributed by atoms with E-state index in [1.807, 2.05) is 19.1 Å². The van der Waals surface area contributed by atoms with Crippen LogP contribution in [-0.2, 0) is 6.42 Å². The first kappa shape index (κ1) is 13.4. The van der Waals surface area contributed by atoms with Gasteiger partial charge in [-0.1, -0.05) is 24.3 Å². The van der Waals surface area contributed by atoms with Crippen LogP contribution in [-0.4, -0.2) is 10.2 Å². The van der Waals surface area contributed by atoms with Crippen molar-refractivity contribution in [3.05, 3.63) is 58.7 Å². The van der Waals surface area contributed by atoms with E-state index in [0.717, 1.165) is 16.7 Å². The summed E-state index contributed by atoms with van der Waals surface area (Å²) in [6.45, 7) is 1.82. The summed E-state index contributed by atoms with van der Waals surface area (Å²) in [5.74, 6) is 0.275. The van der Waals surface area contributed by atoms with Crippen molar-refractivity contribution in [2.75, 3.05) is 5.73 Å². The van der Waals surface area contributed by atoms with Gasteiger partial charge in [-0.3, -0.25) is 0 Å². The normalized spacial score (nSPS) is 12.4. The fourth-order valence-electron chi connectivity index (χ4n) is 2.07. The Hall–Kier alpha value is -2.04. The van der Waals surface area contributed by atoms with Crippen LogP contribution in [0.25, 0.3) is 0 Å². The average molecular weight is 258 g/mol. The van der Waals surface area contributed by atoms with Crippen molar-refractivity contribution >= 4 is 5.69 Å². The monoisotopic (exact) mass is 258 g/mol. The summed E-state index contributed by atoms with van der Waals surface area (Å²) >= 11 is 0. The van der Waals surface area contributed by atoms with Gasteiger partial charge in [0, 0.05) is 17.7 Å². The summed E-state index contributed by atoms with van der Waals surface area (Å²) in [6.07, 6.45) is -0.379. The highest BCUT2D eigenvalue weighted by Crippen LogP contribution is 2.27. The van der Waals surface area contributed by atoms with Gasteiger partial charge in [0.2, 0.25) is 0 Å². The van der Waals surface area contributed by atoms with Crippen LogP contribution in [0.3, 0.4) is 0 Å². The third-order valence-electron chi connectivity index (χ3n) is 3.12. The van der Waals surface area contributed by atoms with Crippen molar-refractivity contribution in [2.45, 2.75) is 19.6 Å². The number of aliphatic hydroxyl groups is 1. The lowest BCUT2D eigenvalue weighted by Gasteiger charge is -2.10. The molecule has 1 atom stereocenters. The van der Waals surface area contributed by atoms with Crippen LogP contribution in [0.4, 0.5) is 5.69 Å². The highest BCUT2D eigenvalue weighted by Gasteiger charge is 2.07. The molecule has 0 aromatic heterocycles. The van der Waals surface area contributed by atoms with Crippen LogP contribution in [0.5, 0.6) is 5.75 Å². The lowest BCUT2D eigenvalue weighted by atomic mass is 10.00. The minimum Gasteiger partial charge on any atom is -0.507 e. The topological polar surface area (TPSA) is 92.5 Å². The maximum atomic E-state index is 10.0. The number of hydrogen-bond acceptors (Lipinski definition) is 4. The number of aryl methyl sites for hydroxylation is 1. The molecule has 0 aliphatic rings. The molecule has 0 fully saturated rings. The van der Waals surface area contributed by atoms with Crippen molar-refractivity contribution in [3.8, 4) is 5.75 Å². The lowest BCUT2D eigenvalue weighted by Crippen LogP contribution is -2.08. The molecule has 0 spiro atoms. The number of anilines is 1. The van der Waals surface area contributed by atoms with E-state index >= 15 is 0 Å². The zero-order valence-electron chi connectivity index (χ0n) is 10.8. The standard InChI is InChI=1S/C15H18N2O2/c1-9-6-13(16)8-12(14(9)18)7-10-2-4-11(5-3-10)15(17)19/h2-6,8,15,18-19H,7,16-17H2,1H3. The summed E-state index contributed by atoms with van der Waals surface area (Å²) < 4.78 is 0. The van der Waals surface area contributed by atoms with Gasteiger partial charge in [-0.15, -0.1) is 0 Å². The van der Waals surface area contributed by atoms with E-state index in [2.05, 4.69) is 0 Å². The number of hydrogen-bond donors (Lipinski definition) is 4. The van der Waals surface area contributed by atoms with Crippen LogP contribution in [0.2, 0.25) is 0 Å². The molecule has 0 bridgehead atoms. The number of nitrogens with two attached hydrogens (primary N) is 2. The first-order chi connectivity index (χ1) is 8.97. The Morgan fingerprint density at radius 3 is 2.37 bits per heavy atom. The van der Waals surface area contributed by atoms with Gasteiger partial charge < -0.3 is 21.7 Å². The van der Waals surface area contributed by atoms with Crippen LogP contribution in [0.1, 0.15) is 28.5 Å². The Balaban J connectivity index is 2.26. The minimum absolute atomic E-state index is 0.275. The van der Waals surface area contributed by atoms with Crippen molar-refractivity contribution in [2.24, 2.45) is 5.73 Å². The molecule has 100 valence electrons. The highest BCUT2D eigenvalue weighted by atomic mass is 16.3. The van der Waals surface area contributed by atoms with E-state index in [-0.39, 0.29) is 5.75 Å². The fourth-order valence-corrected chi connectivity index (χ4v) is 2.07. The largest absolute Gasteiger partial charge is 0.507 e. The summed E-state index contributed by atoms with van der Waals surface area (Å²) in [6, 6.07) is 10.8. The SMILES string of the molecule is Cc1cc(N)cc(Cc2ccc(C(N)O)cc2)c1O. The minimum atomic E-state index is -0.961. The Morgan fingerprint density at radius 1 is 1.16 bits per heavy atom. The second-order valence-corrected chi connectivity index (χ2v) is 4.71. The highest BCUT2D eigenvalue weighted by molar-refractivity contribution is 5.53. The molecular formula is C15H18N2O2. The molecule has 0 heterocycles. The molecular weight excluding hydrogens is 240 g/mol. The molecule has 1 unspecified atom stereocenters. The second kappa shape index (κ2) is 5.30. The van der Waals surface area contributed by atoms with Gasteiger partial charge in [-0.2, -0.15) is 0 Å². The van der Waals surface area contributed by atoms with Gasteiger partial charge in [0.15, 0.2) is 0 Å². The molecule has 2 rings (SSSR count). The van der Waals surface area contributed by atoms with Crippen molar-refractivity contribution in [3.63, 3.8) is 0 Å². The molecule has 0 aliphatic carbocycles. The Morgan fingerprint density at radius 2 is 1.79 bits per heavy atom. The first-order valence-corrected chi connectivity index (χ1v) is 6.08. The first-order valence-electron chi connectivity index (χ1n) is 6.08. The Labute approximate surface area is 112 Å². The van der Waals surface area contributed by atoms with E-state index in [9.17, 15) is 10.2 Å². The molecule has 4 heteroatoms. The van der Waals surface area contributed by atoms with Crippen molar-refractivity contribution in [1.29, 1.82) is 0 Å². The maximum absolute atomic E-state index is 10.0. The molecule has 0 saturated carbocycles. The van der Waals surface area contributed by atoms with E-state index in [0.29, 0.717) is 17.7 Å². The van der Waals surface area contributed by atoms with Gasteiger partial charge in [0.05, 0.1) is 0 Å². The van der Waals surface area contributed by atoms with Crippen LogP contribution in [0.15, 0.2) is 36.4 Å². The molecule has 2 aromatic carbocycles. The van der Waals surface area contributed by atoms with Crippen LogP contribution in [0, 0.1) is 6.92 Å². The van der Waals surface area contributed by atoms with Crippen LogP contribution < -0.4 is 11.5 Å². The second-order valence-electron chi connectivity index (χ2n) is 4.71. The van der Waals surface area contributed by atoms with E-state index in [1.165, 1.54) is 0 Å². The lowest BCUT2D eigenvalue weighted by molar-refractivity contribution is 0.186. The molecule has 19 heavy (non-hydrogen) atoms. The summed E-state index contributed by atoms with van der Waals surface area (Å²) in [4.78, 5) is 0. The van der Waals surface area contributed by atoms with Crippen molar-refractivity contribution in [1.82, 2.24) is 0 Å². The summed E-state index contributed by atoms with van der Waals surface area (Å²) in [5, 5.41) is 19.3. The van der Waals surface area contributed by atoms with Gasteiger partial charge in [-0.05, 0) is 35.7 Å². The van der Waals surface area contributed by atoms with E-state index < -0.39 is 6.23 Å². The molecule has 0 amide bonds. The molecule has 6 N–H and O–H groups in total. The van der Waals surface area contributed by atoms with E-state index in [1.54, 1.807) is 24.3 Å². The maximum Gasteiger partial charge on any atom is 0.128 e. The number of nitrogen functional groups attached to an aromatic ring is 1. The Kier molecular flexibility index (Phi) is 3.74. The van der Waals surface area contributed by atoms with Gasteiger partial charge in [0.1, 0.15) is 12.0 Å². The summed E-state index contributed by atoms with van der Waals surface area (Å²) in [7, 11) is 0. The zero-order valence-corrected chi connectivity index (χ0v) is 10.8. The van der Waals surface area contributed by atoms with Gasteiger partial charge in [0.25, 0.3) is 0 Å². The number of benzene rings is 2. The molecule has 2 aromatic rings. The zero-order chi connectivity index (χ0) is 14.0. The quantitative estimate of drug-likeness (QED) is 0.384. The molecule has 0 saturated heterocycles. The predicted molar refractivity (Wildman–Crippen MR) is 75.7 cm³/mol. The predicted octanol–water partition coefficient (Wildman–Crippen LogP) is 1.82. The summed E-state index contributed by atoms with van der Waals surface area (Å²) in [5.41, 5.74) is 15.0. The number of aromatic hydroxyl groups is 1. The molecule has 0 aliphatic heterocycles. The smallest absolute Gasteiger partial charge is 0.128 e. The third kappa shape index (κ3) is 3.05. The number of rotatable bonds is 3. The average Bonchev–Trinajstić information content (AvgIpc) is 2.36. The van der Waals surface area contributed by atoms with Crippen LogP contribution >= 0.6 is 0 Å². The van der Waals surface area contributed by atoms with E-state index in [4.69, 9.17) is 11.5 Å². The molecule has 4 nitrogen and oxygen atoms in total. The Bertz CT molecular complexity index is 577.